The van der Waals surface area contributed by atoms with Crippen LogP contribution >= 0.6 is 0 Å². The summed E-state index contributed by atoms with van der Waals surface area (Å²) in [4.78, 5) is 11.9. The molecule has 4 nitrogen and oxygen atoms in total. The Balaban J connectivity index is 2.51. The summed E-state index contributed by atoms with van der Waals surface area (Å²) in [7, 11) is 0. The van der Waals surface area contributed by atoms with Crippen molar-refractivity contribution >= 4 is 5.78 Å². The molecule has 0 radical (unpaired) electrons. The van der Waals surface area contributed by atoms with E-state index in [1.165, 1.54) is 0 Å². The molecule has 2 rings (SSSR count). The van der Waals surface area contributed by atoms with Crippen LogP contribution in [0.1, 0.15) is 17.3 Å². The fourth-order valence-electron chi connectivity index (χ4n) is 1.54. The van der Waals surface area contributed by atoms with Crippen LogP contribution in [0.15, 0.2) is 42.7 Å². The van der Waals surface area contributed by atoms with Crippen molar-refractivity contribution < 1.29 is 4.79 Å². The highest BCUT2D eigenvalue weighted by atomic mass is 16.1. The summed E-state index contributed by atoms with van der Waals surface area (Å²) in [6, 6.07) is 8.62. The molecule has 0 fully saturated rings. The van der Waals surface area contributed by atoms with Crippen LogP contribution in [0.25, 0.3) is 5.69 Å². The molecule has 0 bridgehead atoms. The zero-order valence-electron chi connectivity index (χ0n) is 9.00. The van der Waals surface area contributed by atoms with Crippen LogP contribution in [0.4, 0.5) is 0 Å². The van der Waals surface area contributed by atoms with Crippen molar-refractivity contribution in [1.82, 2.24) is 9.78 Å². The molecule has 0 spiro atoms. The Morgan fingerprint density at radius 1 is 1.38 bits per heavy atom. The van der Waals surface area contributed by atoms with E-state index in [0.29, 0.717) is 5.56 Å². The van der Waals surface area contributed by atoms with Crippen molar-refractivity contribution in [2.75, 3.05) is 0 Å². The van der Waals surface area contributed by atoms with Gasteiger partial charge in [-0.15, -0.1) is 0 Å². The molecule has 2 N–H and O–H groups in total. The number of carbonyl (C=O) groups is 1. The number of benzene rings is 1. The van der Waals surface area contributed by atoms with Gasteiger partial charge < -0.3 is 5.73 Å². The average Bonchev–Trinajstić information content (AvgIpc) is 2.81. The van der Waals surface area contributed by atoms with Crippen LogP contribution in [0.5, 0.6) is 0 Å². The Bertz CT molecular complexity index is 489. The van der Waals surface area contributed by atoms with Gasteiger partial charge in [0.25, 0.3) is 0 Å². The van der Waals surface area contributed by atoms with Gasteiger partial charge in [-0.1, -0.05) is 12.1 Å². The lowest BCUT2D eigenvalue weighted by Gasteiger charge is -2.10. The van der Waals surface area contributed by atoms with Crippen LogP contribution in [0.3, 0.4) is 0 Å². The van der Waals surface area contributed by atoms with E-state index >= 15 is 0 Å². The number of ketones is 1. The zero-order chi connectivity index (χ0) is 11.5. The molecule has 0 amide bonds. The first-order valence-electron chi connectivity index (χ1n) is 5.09. The van der Waals surface area contributed by atoms with Crippen molar-refractivity contribution in [1.29, 1.82) is 0 Å². The van der Waals surface area contributed by atoms with E-state index in [9.17, 15) is 4.79 Å². The van der Waals surface area contributed by atoms with E-state index < -0.39 is 6.04 Å². The van der Waals surface area contributed by atoms with Gasteiger partial charge in [0.15, 0.2) is 5.78 Å². The van der Waals surface area contributed by atoms with E-state index in [1.807, 2.05) is 24.3 Å². The van der Waals surface area contributed by atoms with Gasteiger partial charge in [0.1, 0.15) is 0 Å². The van der Waals surface area contributed by atoms with E-state index in [2.05, 4.69) is 5.10 Å². The van der Waals surface area contributed by atoms with Crippen molar-refractivity contribution in [3.63, 3.8) is 0 Å². The van der Waals surface area contributed by atoms with Crippen molar-refractivity contribution in [3.8, 4) is 5.69 Å². The van der Waals surface area contributed by atoms with Crippen molar-refractivity contribution in [3.05, 3.63) is 48.3 Å². The predicted octanol–water partition coefficient (Wildman–Crippen LogP) is 1.40. The van der Waals surface area contributed by atoms with Crippen LogP contribution in [0.2, 0.25) is 0 Å². The first-order chi connectivity index (χ1) is 7.70. The van der Waals surface area contributed by atoms with Gasteiger partial charge in [-0.3, -0.25) is 4.79 Å². The smallest absolute Gasteiger partial charge is 0.181 e. The SMILES string of the molecule is CC(N)C(=O)c1ccccc1-n1cccn1. The van der Waals surface area contributed by atoms with Crippen LogP contribution in [0, 0.1) is 0 Å². The number of nitrogens with zero attached hydrogens (tertiary/aromatic N) is 2. The molecule has 1 unspecified atom stereocenters. The Morgan fingerprint density at radius 3 is 2.75 bits per heavy atom. The van der Waals surface area contributed by atoms with E-state index in [0.717, 1.165) is 5.69 Å². The fourth-order valence-corrected chi connectivity index (χ4v) is 1.54. The minimum absolute atomic E-state index is 0.0777. The lowest BCUT2D eigenvalue weighted by atomic mass is 10.0. The Labute approximate surface area is 93.7 Å². The monoisotopic (exact) mass is 215 g/mol. The number of hydrogen-bond acceptors (Lipinski definition) is 3. The van der Waals surface area contributed by atoms with Gasteiger partial charge in [0.05, 0.1) is 11.7 Å². The van der Waals surface area contributed by atoms with Crippen LogP contribution in [-0.2, 0) is 0 Å². The molecule has 1 aromatic heterocycles. The summed E-state index contributed by atoms with van der Waals surface area (Å²) < 4.78 is 1.66. The normalized spacial score (nSPS) is 12.4. The third-order valence-electron chi connectivity index (χ3n) is 2.33. The second-order valence-electron chi connectivity index (χ2n) is 3.62. The number of hydrogen-bond donors (Lipinski definition) is 1. The summed E-state index contributed by atoms with van der Waals surface area (Å²) in [5.74, 6) is -0.0777. The van der Waals surface area contributed by atoms with Gasteiger partial charge in [-0.05, 0) is 25.1 Å². The maximum absolute atomic E-state index is 11.9. The van der Waals surface area contributed by atoms with Gasteiger partial charge in [-0.25, -0.2) is 4.68 Å². The zero-order valence-corrected chi connectivity index (χ0v) is 9.00. The number of Topliss-reactive ketones (excluding diaryl/α,β-unsaturated/α-hetero) is 1. The first kappa shape index (κ1) is 10.6. The van der Waals surface area contributed by atoms with Crippen LogP contribution < -0.4 is 5.73 Å². The number of para-hydroxylation sites is 1. The van der Waals surface area contributed by atoms with Gasteiger partial charge in [0, 0.05) is 18.0 Å². The third kappa shape index (κ3) is 1.87. The number of nitrogens with two attached hydrogens (primary N) is 1. The molecule has 4 heteroatoms. The topological polar surface area (TPSA) is 60.9 Å². The average molecular weight is 215 g/mol. The maximum Gasteiger partial charge on any atom is 0.181 e. The molecule has 1 aromatic carbocycles. The molecule has 2 aromatic rings. The molecule has 0 saturated heterocycles. The molecule has 16 heavy (non-hydrogen) atoms. The fraction of sp³-hybridized carbons (Fsp3) is 0.167. The Morgan fingerprint density at radius 2 is 2.12 bits per heavy atom. The summed E-state index contributed by atoms with van der Waals surface area (Å²) in [6.07, 6.45) is 3.47. The molecule has 1 atom stereocenters. The molecule has 1 heterocycles. The lowest BCUT2D eigenvalue weighted by molar-refractivity contribution is 0.0968. The summed E-state index contributed by atoms with van der Waals surface area (Å²) in [6.45, 7) is 1.68. The molecule has 0 saturated carbocycles. The van der Waals surface area contributed by atoms with E-state index in [4.69, 9.17) is 5.73 Å². The minimum Gasteiger partial charge on any atom is -0.321 e. The largest absolute Gasteiger partial charge is 0.321 e. The highest BCUT2D eigenvalue weighted by Crippen LogP contribution is 2.14. The highest BCUT2D eigenvalue weighted by Gasteiger charge is 2.15. The molecule has 0 aliphatic carbocycles. The first-order valence-corrected chi connectivity index (χ1v) is 5.09. The van der Waals surface area contributed by atoms with E-state index in [-0.39, 0.29) is 5.78 Å². The van der Waals surface area contributed by atoms with Gasteiger partial charge in [-0.2, -0.15) is 5.10 Å². The molecule has 82 valence electrons. The molecular weight excluding hydrogens is 202 g/mol. The highest BCUT2D eigenvalue weighted by molar-refractivity contribution is 6.02. The molecule has 0 aliphatic rings. The van der Waals surface area contributed by atoms with Gasteiger partial charge in [0.2, 0.25) is 0 Å². The Hall–Kier alpha value is -1.94. The predicted molar refractivity (Wildman–Crippen MR) is 61.5 cm³/mol. The number of carbonyl (C=O) groups excluding carboxylic acids is 1. The third-order valence-corrected chi connectivity index (χ3v) is 2.33. The maximum atomic E-state index is 11.9. The number of rotatable bonds is 3. The minimum atomic E-state index is -0.503. The second kappa shape index (κ2) is 4.28. The van der Waals surface area contributed by atoms with Crippen LogP contribution in [-0.4, -0.2) is 21.6 Å². The number of aromatic nitrogens is 2. The Kier molecular flexibility index (Phi) is 2.83. The van der Waals surface area contributed by atoms with Gasteiger partial charge >= 0.3 is 0 Å². The summed E-state index contributed by atoms with van der Waals surface area (Å²) in [5.41, 5.74) is 6.97. The quantitative estimate of drug-likeness (QED) is 0.787. The second-order valence-corrected chi connectivity index (χ2v) is 3.62. The molecular formula is C12H13N3O. The summed E-state index contributed by atoms with van der Waals surface area (Å²) >= 11 is 0. The van der Waals surface area contributed by atoms with Crippen molar-refractivity contribution in [2.24, 2.45) is 5.73 Å². The lowest BCUT2D eigenvalue weighted by Crippen LogP contribution is -2.27. The van der Waals surface area contributed by atoms with E-state index in [1.54, 1.807) is 30.1 Å². The molecule has 0 aliphatic heterocycles. The standard InChI is InChI=1S/C12H13N3O/c1-9(13)12(16)10-5-2-3-6-11(10)15-8-4-7-14-15/h2-9H,13H2,1H3. The van der Waals surface area contributed by atoms with Crippen molar-refractivity contribution in [2.45, 2.75) is 13.0 Å². The summed E-state index contributed by atoms with van der Waals surface area (Å²) in [5, 5.41) is 4.11.